The molecule has 1 atom stereocenters. The Morgan fingerprint density at radius 1 is 1.45 bits per heavy atom. The summed E-state index contributed by atoms with van der Waals surface area (Å²) in [5, 5.41) is 1.94. The lowest BCUT2D eigenvalue weighted by atomic mass is 9.99. The molecule has 1 unspecified atom stereocenters. The summed E-state index contributed by atoms with van der Waals surface area (Å²) in [7, 11) is 0. The predicted molar refractivity (Wildman–Crippen MR) is 80.2 cm³/mol. The van der Waals surface area contributed by atoms with Crippen molar-refractivity contribution < 1.29 is 9.53 Å². The Balaban J connectivity index is 2.08. The van der Waals surface area contributed by atoms with Crippen molar-refractivity contribution in [3.05, 3.63) is 39.6 Å². The Kier molecular flexibility index (Phi) is 3.23. The highest BCUT2D eigenvalue weighted by Crippen LogP contribution is 2.41. The summed E-state index contributed by atoms with van der Waals surface area (Å²) in [4.78, 5) is 11.8. The number of ether oxygens (including phenoxy) is 1. The highest BCUT2D eigenvalue weighted by molar-refractivity contribution is 7.12. The lowest BCUT2D eigenvalue weighted by Gasteiger charge is -2.10. The second kappa shape index (κ2) is 4.92. The first-order valence-electron chi connectivity index (χ1n) is 6.47. The van der Waals surface area contributed by atoms with Gasteiger partial charge in [-0.15, -0.1) is 11.3 Å². The molecule has 0 bridgehead atoms. The number of rotatable bonds is 3. The Morgan fingerprint density at radius 2 is 2.25 bits per heavy atom. The number of hydrogen-bond acceptors (Lipinski definition) is 4. The summed E-state index contributed by atoms with van der Waals surface area (Å²) in [5.41, 5.74) is 15.4. The van der Waals surface area contributed by atoms with Crippen LogP contribution in [0.4, 0.5) is 0 Å². The molecule has 0 saturated carbocycles. The zero-order chi connectivity index (χ0) is 14.3. The fourth-order valence-electron chi connectivity index (χ4n) is 2.55. The Morgan fingerprint density at radius 3 is 2.90 bits per heavy atom. The molecule has 2 aromatic rings. The molecular weight excluding hydrogens is 272 g/mol. The van der Waals surface area contributed by atoms with Gasteiger partial charge in [0, 0.05) is 18.5 Å². The number of aryl methyl sites for hydroxylation is 1. The highest BCUT2D eigenvalue weighted by atomic mass is 32.1. The number of nitrogens with two attached hydrogens (primary N) is 2. The molecule has 0 aliphatic carbocycles. The number of hydrogen-bond donors (Lipinski definition) is 2. The molecule has 4 N–H and O–H groups in total. The molecule has 0 spiro atoms. The largest absolute Gasteiger partial charge is 0.488 e. The van der Waals surface area contributed by atoms with Gasteiger partial charge in [0.05, 0.1) is 4.88 Å². The van der Waals surface area contributed by atoms with E-state index in [1.54, 1.807) is 0 Å². The van der Waals surface area contributed by atoms with Gasteiger partial charge >= 0.3 is 0 Å². The summed E-state index contributed by atoms with van der Waals surface area (Å²) in [6, 6.07) is 6.03. The number of carbonyl (C=O) groups excluding carboxylic acids is 1. The van der Waals surface area contributed by atoms with Crippen molar-refractivity contribution in [3.8, 4) is 16.9 Å². The topological polar surface area (TPSA) is 78.3 Å². The molecule has 1 aromatic heterocycles. The van der Waals surface area contributed by atoms with Crippen molar-refractivity contribution in [1.29, 1.82) is 0 Å². The van der Waals surface area contributed by atoms with Crippen LogP contribution in [0.3, 0.4) is 0 Å². The molecule has 4 nitrogen and oxygen atoms in total. The SMILES string of the molecule is Cc1cc2c(c(-c3csc(C(N)=O)c3)c1)OC(CN)C2. The summed E-state index contributed by atoms with van der Waals surface area (Å²) in [6.45, 7) is 2.56. The highest BCUT2D eigenvalue weighted by Gasteiger charge is 2.25. The number of thiophene rings is 1. The molecule has 0 saturated heterocycles. The van der Waals surface area contributed by atoms with Crippen molar-refractivity contribution in [2.75, 3.05) is 6.54 Å². The van der Waals surface area contributed by atoms with Gasteiger partial charge in [0.25, 0.3) is 5.91 Å². The summed E-state index contributed by atoms with van der Waals surface area (Å²) in [5.74, 6) is 0.492. The number of amides is 1. The normalized spacial score (nSPS) is 16.8. The van der Waals surface area contributed by atoms with Crippen LogP contribution >= 0.6 is 11.3 Å². The van der Waals surface area contributed by atoms with Crippen LogP contribution in [0.25, 0.3) is 11.1 Å². The summed E-state index contributed by atoms with van der Waals surface area (Å²) >= 11 is 1.36. The molecule has 1 aliphatic rings. The van der Waals surface area contributed by atoms with Gasteiger partial charge in [-0.05, 0) is 41.1 Å². The van der Waals surface area contributed by atoms with Gasteiger partial charge in [-0.1, -0.05) is 6.07 Å². The molecular formula is C15H16N2O2S. The van der Waals surface area contributed by atoms with Crippen LogP contribution in [0.15, 0.2) is 23.6 Å². The zero-order valence-corrected chi connectivity index (χ0v) is 12.0. The van der Waals surface area contributed by atoms with E-state index in [2.05, 4.69) is 19.1 Å². The molecule has 104 valence electrons. The maximum atomic E-state index is 11.2. The molecule has 5 heteroatoms. The van der Waals surface area contributed by atoms with E-state index in [0.29, 0.717) is 11.4 Å². The van der Waals surface area contributed by atoms with Gasteiger partial charge in [-0.25, -0.2) is 0 Å². The van der Waals surface area contributed by atoms with E-state index in [1.807, 2.05) is 11.4 Å². The van der Waals surface area contributed by atoms with Gasteiger partial charge in [0.15, 0.2) is 0 Å². The van der Waals surface area contributed by atoms with E-state index in [-0.39, 0.29) is 6.10 Å². The Hall–Kier alpha value is -1.85. The minimum absolute atomic E-state index is 0.0415. The summed E-state index contributed by atoms with van der Waals surface area (Å²) in [6.07, 6.45) is 0.882. The van der Waals surface area contributed by atoms with Crippen molar-refractivity contribution in [1.82, 2.24) is 0 Å². The quantitative estimate of drug-likeness (QED) is 0.907. The number of benzene rings is 1. The molecule has 1 aliphatic heterocycles. The smallest absolute Gasteiger partial charge is 0.258 e. The lowest BCUT2D eigenvalue weighted by molar-refractivity contribution is 0.100. The van der Waals surface area contributed by atoms with Crippen LogP contribution in [0, 0.1) is 6.92 Å². The lowest BCUT2D eigenvalue weighted by Crippen LogP contribution is -2.24. The maximum absolute atomic E-state index is 11.2. The van der Waals surface area contributed by atoms with Crippen molar-refractivity contribution in [2.24, 2.45) is 11.5 Å². The number of carbonyl (C=O) groups is 1. The molecule has 0 radical (unpaired) electrons. The minimum Gasteiger partial charge on any atom is -0.488 e. The van der Waals surface area contributed by atoms with Crippen LogP contribution in [-0.2, 0) is 6.42 Å². The summed E-state index contributed by atoms with van der Waals surface area (Å²) < 4.78 is 5.93. The van der Waals surface area contributed by atoms with Crippen LogP contribution in [0.1, 0.15) is 20.8 Å². The van der Waals surface area contributed by atoms with E-state index in [4.69, 9.17) is 16.2 Å². The van der Waals surface area contributed by atoms with Gasteiger partial charge in [0.2, 0.25) is 0 Å². The third-order valence-corrected chi connectivity index (χ3v) is 4.40. The Bertz CT molecular complexity index is 679. The zero-order valence-electron chi connectivity index (χ0n) is 11.2. The molecule has 0 fully saturated rings. The van der Waals surface area contributed by atoms with Crippen molar-refractivity contribution in [3.63, 3.8) is 0 Å². The third kappa shape index (κ3) is 2.19. The molecule has 2 heterocycles. The van der Waals surface area contributed by atoms with Crippen molar-refractivity contribution in [2.45, 2.75) is 19.4 Å². The van der Waals surface area contributed by atoms with E-state index < -0.39 is 5.91 Å². The minimum atomic E-state index is -0.397. The van der Waals surface area contributed by atoms with Gasteiger partial charge < -0.3 is 16.2 Å². The van der Waals surface area contributed by atoms with E-state index in [0.717, 1.165) is 23.3 Å². The number of fused-ring (bicyclic) bond motifs is 1. The fraction of sp³-hybridized carbons (Fsp3) is 0.267. The van der Waals surface area contributed by atoms with Crippen LogP contribution in [0.5, 0.6) is 5.75 Å². The van der Waals surface area contributed by atoms with Gasteiger partial charge in [0.1, 0.15) is 11.9 Å². The fourth-order valence-corrected chi connectivity index (χ4v) is 3.31. The van der Waals surface area contributed by atoms with E-state index in [1.165, 1.54) is 22.5 Å². The maximum Gasteiger partial charge on any atom is 0.258 e. The Labute approximate surface area is 121 Å². The third-order valence-electron chi connectivity index (χ3n) is 3.46. The average Bonchev–Trinajstić information content (AvgIpc) is 3.03. The molecule has 1 amide bonds. The van der Waals surface area contributed by atoms with Crippen LogP contribution < -0.4 is 16.2 Å². The standard InChI is InChI=1S/C15H16N2O2S/c1-8-2-9-4-11(6-16)19-14(9)12(3-8)10-5-13(15(17)18)20-7-10/h2-3,5,7,11H,4,6,16H2,1H3,(H2,17,18). The average molecular weight is 288 g/mol. The van der Waals surface area contributed by atoms with Crippen molar-refractivity contribution >= 4 is 17.2 Å². The monoisotopic (exact) mass is 288 g/mol. The second-order valence-electron chi connectivity index (χ2n) is 5.04. The number of primary amides is 1. The van der Waals surface area contributed by atoms with Crippen LogP contribution in [-0.4, -0.2) is 18.6 Å². The second-order valence-corrected chi connectivity index (χ2v) is 5.96. The van der Waals surface area contributed by atoms with E-state index >= 15 is 0 Å². The molecule has 20 heavy (non-hydrogen) atoms. The first-order chi connectivity index (χ1) is 9.58. The first kappa shape index (κ1) is 13.1. The first-order valence-corrected chi connectivity index (χ1v) is 7.35. The van der Waals surface area contributed by atoms with Crippen LogP contribution in [0.2, 0.25) is 0 Å². The predicted octanol–water partition coefficient (Wildman–Crippen LogP) is 2.08. The molecule has 3 rings (SSSR count). The van der Waals surface area contributed by atoms with E-state index in [9.17, 15) is 4.79 Å². The van der Waals surface area contributed by atoms with Gasteiger partial charge in [-0.3, -0.25) is 4.79 Å². The van der Waals surface area contributed by atoms with Gasteiger partial charge in [-0.2, -0.15) is 0 Å². The molecule has 1 aromatic carbocycles.